The Hall–Kier alpha value is -2.68. The van der Waals surface area contributed by atoms with Crippen LogP contribution in [0.1, 0.15) is 23.7 Å². The van der Waals surface area contributed by atoms with Gasteiger partial charge in [-0.05, 0) is 31.2 Å². The fourth-order valence-electron chi connectivity index (χ4n) is 2.07. The van der Waals surface area contributed by atoms with Crippen molar-refractivity contribution >= 4 is 63.7 Å². The zero-order chi connectivity index (χ0) is 20.8. The average molecular weight is 444 g/mol. The highest BCUT2D eigenvalue weighted by molar-refractivity contribution is 6.44. The lowest BCUT2D eigenvalue weighted by Crippen LogP contribution is -2.21. The van der Waals surface area contributed by atoms with Crippen molar-refractivity contribution in [2.24, 2.45) is 5.10 Å². The molecule has 0 saturated carbocycles. The quantitative estimate of drug-likeness (QED) is 0.383. The third kappa shape index (κ3) is 5.66. The van der Waals surface area contributed by atoms with Crippen LogP contribution in [0.4, 0.5) is 11.4 Å². The van der Waals surface area contributed by atoms with Crippen LogP contribution >= 0.6 is 34.8 Å². The minimum atomic E-state index is -0.656. The molecule has 0 aliphatic heterocycles. The lowest BCUT2D eigenvalue weighted by Gasteiger charge is -2.08. The maximum atomic E-state index is 12.1. The first kappa shape index (κ1) is 21.6. The van der Waals surface area contributed by atoms with E-state index in [1.165, 1.54) is 6.07 Å². The number of carbonyl (C=O) groups is 2. The number of anilines is 1. The molecule has 2 aromatic carbocycles. The number of hydrogen-bond acceptors (Lipinski definition) is 5. The Morgan fingerprint density at radius 1 is 1.14 bits per heavy atom. The van der Waals surface area contributed by atoms with Gasteiger partial charge >= 0.3 is 0 Å². The van der Waals surface area contributed by atoms with Crippen LogP contribution in [-0.4, -0.2) is 22.4 Å². The van der Waals surface area contributed by atoms with Gasteiger partial charge in [0.15, 0.2) is 0 Å². The molecule has 0 aliphatic rings. The molecule has 0 spiro atoms. The van der Waals surface area contributed by atoms with Crippen LogP contribution in [0.15, 0.2) is 41.5 Å². The first-order valence-corrected chi connectivity index (χ1v) is 8.83. The molecule has 11 heteroatoms. The number of rotatable bonds is 6. The summed E-state index contributed by atoms with van der Waals surface area (Å²) >= 11 is 17.7. The predicted molar refractivity (Wildman–Crippen MR) is 108 cm³/mol. The number of halogens is 3. The molecule has 0 aromatic heterocycles. The zero-order valence-corrected chi connectivity index (χ0v) is 16.6. The molecule has 0 bridgehead atoms. The largest absolute Gasteiger partial charge is 0.324 e. The number of hydrazone groups is 1. The summed E-state index contributed by atoms with van der Waals surface area (Å²) in [7, 11) is 0. The van der Waals surface area contributed by atoms with Gasteiger partial charge in [-0.25, -0.2) is 5.43 Å². The van der Waals surface area contributed by atoms with Gasteiger partial charge in [0, 0.05) is 17.3 Å². The third-order valence-corrected chi connectivity index (χ3v) is 4.52. The van der Waals surface area contributed by atoms with Gasteiger partial charge < -0.3 is 5.32 Å². The van der Waals surface area contributed by atoms with E-state index in [2.05, 4.69) is 15.8 Å². The Morgan fingerprint density at radius 3 is 2.50 bits per heavy atom. The van der Waals surface area contributed by atoms with Crippen molar-refractivity contribution in [1.29, 1.82) is 0 Å². The van der Waals surface area contributed by atoms with Crippen molar-refractivity contribution in [3.8, 4) is 0 Å². The SMILES string of the molecule is C/C(CC(=O)Nc1cccc(Cl)c1Cl)=N\NC(=O)c1ccc([N+](=O)[O-])c(Cl)c1. The second kappa shape index (κ2) is 9.50. The summed E-state index contributed by atoms with van der Waals surface area (Å²) in [5, 5.41) is 17.5. The Balaban J connectivity index is 1.97. The molecule has 0 radical (unpaired) electrons. The lowest BCUT2D eigenvalue weighted by molar-refractivity contribution is -0.384. The summed E-state index contributed by atoms with van der Waals surface area (Å²) < 4.78 is 0. The fraction of sp³-hybridized carbons (Fsp3) is 0.118. The lowest BCUT2D eigenvalue weighted by atomic mass is 10.2. The molecule has 0 fully saturated rings. The van der Waals surface area contributed by atoms with Crippen molar-refractivity contribution < 1.29 is 14.5 Å². The Labute approximate surface area is 174 Å². The summed E-state index contributed by atoms with van der Waals surface area (Å²) in [4.78, 5) is 34.2. The number of nitrogens with zero attached hydrogens (tertiary/aromatic N) is 2. The number of amides is 2. The summed E-state index contributed by atoms with van der Waals surface area (Å²) in [5.74, 6) is -1.03. The van der Waals surface area contributed by atoms with E-state index in [0.717, 1.165) is 12.1 Å². The van der Waals surface area contributed by atoms with E-state index >= 15 is 0 Å². The first-order chi connectivity index (χ1) is 13.2. The van der Waals surface area contributed by atoms with Gasteiger partial charge in [-0.1, -0.05) is 40.9 Å². The van der Waals surface area contributed by atoms with E-state index < -0.39 is 16.7 Å². The highest BCUT2D eigenvalue weighted by Gasteiger charge is 2.15. The van der Waals surface area contributed by atoms with Crippen molar-refractivity contribution in [3.63, 3.8) is 0 Å². The van der Waals surface area contributed by atoms with Gasteiger partial charge in [-0.15, -0.1) is 0 Å². The molecule has 0 aliphatic carbocycles. The standard InChI is InChI=1S/C17H13Cl3N4O4/c1-9(7-15(25)21-13-4-2-3-11(18)16(13)20)22-23-17(26)10-5-6-14(24(27)28)12(19)8-10/h2-6,8H,7H2,1H3,(H,21,25)(H,23,26)/b22-9+. The van der Waals surface area contributed by atoms with E-state index in [4.69, 9.17) is 34.8 Å². The molecule has 2 N–H and O–H groups in total. The first-order valence-electron chi connectivity index (χ1n) is 7.70. The molecule has 0 unspecified atom stereocenters. The molecule has 2 amide bonds. The number of hydrogen-bond donors (Lipinski definition) is 2. The van der Waals surface area contributed by atoms with E-state index in [9.17, 15) is 19.7 Å². The van der Waals surface area contributed by atoms with Gasteiger partial charge in [0.05, 0.1) is 27.1 Å². The maximum absolute atomic E-state index is 12.1. The van der Waals surface area contributed by atoms with Crippen molar-refractivity contribution in [2.45, 2.75) is 13.3 Å². The van der Waals surface area contributed by atoms with E-state index in [0.29, 0.717) is 16.4 Å². The van der Waals surface area contributed by atoms with Gasteiger partial charge in [0.2, 0.25) is 5.91 Å². The number of nitro benzene ring substituents is 1. The molecule has 0 heterocycles. The van der Waals surface area contributed by atoms with Crippen molar-refractivity contribution in [2.75, 3.05) is 5.32 Å². The second-order valence-corrected chi connectivity index (χ2v) is 6.73. The molecule has 8 nitrogen and oxygen atoms in total. The summed E-state index contributed by atoms with van der Waals surface area (Å²) in [6.07, 6.45) is -0.107. The van der Waals surface area contributed by atoms with Gasteiger partial charge in [-0.3, -0.25) is 19.7 Å². The van der Waals surface area contributed by atoms with E-state index in [1.54, 1.807) is 25.1 Å². The molecular weight excluding hydrogens is 431 g/mol. The summed E-state index contributed by atoms with van der Waals surface area (Å²) in [6, 6.07) is 8.35. The number of nitro groups is 1. The highest BCUT2D eigenvalue weighted by atomic mass is 35.5. The minimum Gasteiger partial charge on any atom is -0.324 e. The fourth-order valence-corrected chi connectivity index (χ4v) is 2.67. The topological polar surface area (TPSA) is 114 Å². The number of nitrogens with one attached hydrogen (secondary N) is 2. The molecule has 28 heavy (non-hydrogen) atoms. The zero-order valence-electron chi connectivity index (χ0n) is 14.3. The van der Waals surface area contributed by atoms with Crippen LogP contribution in [0.25, 0.3) is 0 Å². The maximum Gasteiger partial charge on any atom is 0.287 e. The highest BCUT2D eigenvalue weighted by Crippen LogP contribution is 2.29. The molecular formula is C17H13Cl3N4O4. The van der Waals surface area contributed by atoms with Gasteiger partial charge in [0.25, 0.3) is 11.6 Å². The van der Waals surface area contributed by atoms with Crippen molar-refractivity contribution in [1.82, 2.24) is 5.43 Å². The van der Waals surface area contributed by atoms with Crippen LogP contribution in [0.5, 0.6) is 0 Å². The summed E-state index contributed by atoms with van der Waals surface area (Å²) in [6.45, 7) is 1.54. The average Bonchev–Trinajstić information content (AvgIpc) is 2.63. The molecule has 146 valence electrons. The Morgan fingerprint density at radius 2 is 1.86 bits per heavy atom. The van der Waals surface area contributed by atoms with E-state index in [1.807, 2.05) is 0 Å². The second-order valence-electron chi connectivity index (χ2n) is 5.54. The molecule has 2 aromatic rings. The van der Waals surface area contributed by atoms with Gasteiger partial charge in [-0.2, -0.15) is 5.10 Å². The number of benzene rings is 2. The van der Waals surface area contributed by atoms with Crippen molar-refractivity contribution in [3.05, 3.63) is 67.1 Å². The van der Waals surface area contributed by atoms with Crippen LogP contribution < -0.4 is 10.7 Å². The third-order valence-electron chi connectivity index (χ3n) is 3.40. The summed E-state index contributed by atoms with van der Waals surface area (Å²) in [5.41, 5.74) is 2.71. The van der Waals surface area contributed by atoms with Crippen LogP contribution in [0.2, 0.25) is 15.1 Å². The van der Waals surface area contributed by atoms with Crippen LogP contribution in [0.3, 0.4) is 0 Å². The normalized spacial score (nSPS) is 11.1. The smallest absolute Gasteiger partial charge is 0.287 e. The predicted octanol–water partition coefficient (Wildman–Crippen LogP) is 4.69. The van der Waals surface area contributed by atoms with Crippen LogP contribution in [0, 0.1) is 10.1 Å². The van der Waals surface area contributed by atoms with Crippen LogP contribution in [-0.2, 0) is 4.79 Å². The Kier molecular flexibility index (Phi) is 7.33. The minimum absolute atomic E-state index is 0.0855. The number of carbonyl (C=O) groups excluding carboxylic acids is 2. The Bertz CT molecular complexity index is 979. The van der Waals surface area contributed by atoms with Gasteiger partial charge in [0.1, 0.15) is 5.02 Å². The monoisotopic (exact) mass is 442 g/mol. The van der Waals surface area contributed by atoms with E-state index in [-0.39, 0.29) is 27.7 Å². The molecule has 0 atom stereocenters. The molecule has 0 saturated heterocycles. The molecule has 2 rings (SSSR count).